The van der Waals surface area contributed by atoms with Gasteiger partial charge < -0.3 is 11.1 Å². The van der Waals surface area contributed by atoms with Gasteiger partial charge in [0.2, 0.25) is 15.9 Å². The van der Waals surface area contributed by atoms with Crippen molar-refractivity contribution in [2.24, 2.45) is 0 Å². The van der Waals surface area contributed by atoms with E-state index in [4.69, 9.17) is 5.73 Å². The summed E-state index contributed by atoms with van der Waals surface area (Å²) in [6.07, 6.45) is 3.24. The Balaban J connectivity index is 1.84. The molecule has 0 spiro atoms. The van der Waals surface area contributed by atoms with Gasteiger partial charge in [-0.2, -0.15) is 4.31 Å². The predicted molar refractivity (Wildman–Crippen MR) is 78.9 cm³/mol. The van der Waals surface area contributed by atoms with Gasteiger partial charge in [0.25, 0.3) is 0 Å². The summed E-state index contributed by atoms with van der Waals surface area (Å²) in [7, 11) is -3.68. The Morgan fingerprint density at radius 1 is 1.29 bits per heavy atom. The maximum atomic E-state index is 12.7. The summed E-state index contributed by atoms with van der Waals surface area (Å²) >= 11 is 0. The Morgan fingerprint density at radius 2 is 2.05 bits per heavy atom. The van der Waals surface area contributed by atoms with Gasteiger partial charge in [0.15, 0.2) is 0 Å². The molecule has 1 heterocycles. The first kappa shape index (κ1) is 14.3. The number of nitrogen functional groups attached to an aromatic ring is 1. The lowest BCUT2D eigenvalue weighted by molar-refractivity contribution is -0.124. The van der Waals surface area contributed by atoms with Crippen LogP contribution >= 0.6 is 0 Å². The minimum Gasteiger partial charge on any atom is -0.399 e. The molecular formula is C14H19N3O3S. The van der Waals surface area contributed by atoms with Crippen LogP contribution in [-0.4, -0.2) is 37.3 Å². The third-order valence-corrected chi connectivity index (χ3v) is 5.80. The molecule has 7 heteroatoms. The van der Waals surface area contributed by atoms with Crippen molar-refractivity contribution >= 4 is 21.6 Å². The van der Waals surface area contributed by atoms with Gasteiger partial charge in [-0.1, -0.05) is 6.07 Å². The van der Waals surface area contributed by atoms with Gasteiger partial charge in [0, 0.05) is 18.3 Å². The predicted octanol–water partition coefficient (Wildman–Crippen LogP) is 0.700. The molecule has 2 aliphatic rings. The molecule has 1 saturated heterocycles. The van der Waals surface area contributed by atoms with E-state index in [1.807, 2.05) is 0 Å². The van der Waals surface area contributed by atoms with Crippen LogP contribution in [0.1, 0.15) is 25.7 Å². The van der Waals surface area contributed by atoms with Gasteiger partial charge in [-0.25, -0.2) is 8.42 Å². The number of carbonyl (C=O) groups is 1. The summed E-state index contributed by atoms with van der Waals surface area (Å²) in [5.74, 6) is -0.178. The molecular weight excluding hydrogens is 290 g/mol. The van der Waals surface area contributed by atoms with E-state index in [1.54, 1.807) is 12.1 Å². The topological polar surface area (TPSA) is 92.5 Å². The van der Waals surface area contributed by atoms with E-state index in [1.165, 1.54) is 16.4 Å². The summed E-state index contributed by atoms with van der Waals surface area (Å²) in [5.41, 5.74) is 6.06. The van der Waals surface area contributed by atoms with Crippen molar-refractivity contribution in [3.05, 3.63) is 24.3 Å². The molecule has 1 aliphatic heterocycles. The zero-order chi connectivity index (χ0) is 15.0. The summed E-state index contributed by atoms with van der Waals surface area (Å²) in [6.45, 7) is 0.375. The molecule has 1 unspecified atom stereocenters. The molecule has 0 radical (unpaired) electrons. The van der Waals surface area contributed by atoms with Crippen LogP contribution in [-0.2, 0) is 14.8 Å². The summed E-state index contributed by atoms with van der Waals surface area (Å²) < 4.78 is 26.7. The average molecular weight is 309 g/mol. The van der Waals surface area contributed by atoms with Gasteiger partial charge in [0.1, 0.15) is 6.04 Å². The third-order valence-electron chi connectivity index (χ3n) is 3.89. The standard InChI is InChI=1S/C14H19N3O3S/c15-10-3-1-4-12(9-10)21(19,20)17-8-2-5-13(17)14(18)16-11-6-7-11/h1,3-4,9,11,13H,2,5-8,15H2,(H,16,18). The molecule has 3 N–H and O–H groups in total. The van der Waals surface area contributed by atoms with E-state index >= 15 is 0 Å². The SMILES string of the molecule is Nc1cccc(S(=O)(=O)N2CCCC2C(=O)NC2CC2)c1. The van der Waals surface area contributed by atoms with E-state index in [0.29, 0.717) is 25.1 Å². The highest BCUT2D eigenvalue weighted by atomic mass is 32.2. The van der Waals surface area contributed by atoms with Crippen LogP contribution in [0.15, 0.2) is 29.2 Å². The van der Waals surface area contributed by atoms with Crippen LogP contribution in [0.5, 0.6) is 0 Å². The number of sulfonamides is 1. The molecule has 21 heavy (non-hydrogen) atoms. The third kappa shape index (κ3) is 2.89. The molecule has 1 amide bonds. The van der Waals surface area contributed by atoms with Crippen molar-refractivity contribution in [1.29, 1.82) is 0 Å². The second kappa shape index (κ2) is 5.31. The first-order valence-electron chi connectivity index (χ1n) is 7.16. The molecule has 1 aromatic carbocycles. The highest BCUT2D eigenvalue weighted by Gasteiger charge is 2.40. The van der Waals surface area contributed by atoms with Crippen LogP contribution in [0.25, 0.3) is 0 Å². The van der Waals surface area contributed by atoms with E-state index in [9.17, 15) is 13.2 Å². The van der Waals surface area contributed by atoms with E-state index in [2.05, 4.69) is 5.32 Å². The second-order valence-electron chi connectivity index (χ2n) is 5.63. The number of rotatable bonds is 4. The van der Waals surface area contributed by atoms with Gasteiger partial charge in [0.05, 0.1) is 4.90 Å². The van der Waals surface area contributed by atoms with Crippen molar-refractivity contribution in [3.63, 3.8) is 0 Å². The summed E-state index contributed by atoms with van der Waals surface area (Å²) in [6, 6.07) is 5.83. The van der Waals surface area contributed by atoms with Crippen molar-refractivity contribution in [2.75, 3.05) is 12.3 Å². The Hall–Kier alpha value is -1.60. The number of carbonyl (C=O) groups excluding carboxylic acids is 1. The largest absolute Gasteiger partial charge is 0.399 e. The van der Waals surface area contributed by atoms with Crippen molar-refractivity contribution in [1.82, 2.24) is 9.62 Å². The van der Waals surface area contributed by atoms with Gasteiger partial charge in [-0.15, -0.1) is 0 Å². The maximum absolute atomic E-state index is 12.7. The van der Waals surface area contributed by atoms with E-state index < -0.39 is 16.1 Å². The van der Waals surface area contributed by atoms with Crippen LogP contribution < -0.4 is 11.1 Å². The first-order chi connectivity index (χ1) is 9.98. The van der Waals surface area contributed by atoms with Crippen LogP contribution in [0.4, 0.5) is 5.69 Å². The lowest BCUT2D eigenvalue weighted by atomic mass is 10.2. The lowest BCUT2D eigenvalue weighted by Crippen LogP contribution is -2.46. The Kier molecular flexibility index (Phi) is 3.62. The molecule has 114 valence electrons. The van der Waals surface area contributed by atoms with Crippen LogP contribution in [0, 0.1) is 0 Å². The number of nitrogens with two attached hydrogens (primary N) is 1. The molecule has 1 saturated carbocycles. The summed E-state index contributed by atoms with van der Waals surface area (Å²) in [4.78, 5) is 12.4. The fourth-order valence-corrected chi connectivity index (χ4v) is 4.34. The fraction of sp³-hybridized carbons (Fsp3) is 0.500. The zero-order valence-corrected chi connectivity index (χ0v) is 12.5. The number of nitrogens with one attached hydrogen (secondary N) is 1. The number of nitrogens with zero attached hydrogens (tertiary/aromatic N) is 1. The molecule has 6 nitrogen and oxygen atoms in total. The zero-order valence-electron chi connectivity index (χ0n) is 11.7. The minimum atomic E-state index is -3.68. The monoisotopic (exact) mass is 309 g/mol. The van der Waals surface area contributed by atoms with Crippen molar-refractivity contribution < 1.29 is 13.2 Å². The number of benzene rings is 1. The van der Waals surface area contributed by atoms with E-state index in [0.717, 1.165) is 12.8 Å². The smallest absolute Gasteiger partial charge is 0.243 e. The molecule has 0 aromatic heterocycles. The van der Waals surface area contributed by atoms with Crippen molar-refractivity contribution in [3.8, 4) is 0 Å². The number of anilines is 1. The number of amides is 1. The quantitative estimate of drug-likeness (QED) is 0.801. The molecule has 3 rings (SSSR count). The lowest BCUT2D eigenvalue weighted by Gasteiger charge is -2.23. The Labute approximate surface area is 124 Å². The second-order valence-corrected chi connectivity index (χ2v) is 7.52. The van der Waals surface area contributed by atoms with Crippen LogP contribution in [0.3, 0.4) is 0 Å². The van der Waals surface area contributed by atoms with E-state index in [-0.39, 0.29) is 16.8 Å². The fourth-order valence-electron chi connectivity index (χ4n) is 2.63. The minimum absolute atomic E-state index is 0.147. The molecule has 2 fully saturated rings. The van der Waals surface area contributed by atoms with Gasteiger partial charge >= 0.3 is 0 Å². The summed E-state index contributed by atoms with van der Waals surface area (Å²) in [5, 5.41) is 2.89. The molecule has 0 bridgehead atoms. The molecule has 1 atom stereocenters. The first-order valence-corrected chi connectivity index (χ1v) is 8.60. The molecule has 1 aliphatic carbocycles. The van der Waals surface area contributed by atoms with Crippen molar-refractivity contribution in [2.45, 2.75) is 42.7 Å². The number of hydrogen-bond acceptors (Lipinski definition) is 4. The highest BCUT2D eigenvalue weighted by Crippen LogP contribution is 2.28. The normalized spacial score (nSPS) is 23.1. The van der Waals surface area contributed by atoms with Gasteiger partial charge in [-0.3, -0.25) is 4.79 Å². The highest BCUT2D eigenvalue weighted by molar-refractivity contribution is 7.89. The maximum Gasteiger partial charge on any atom is 0.243 e. The molecule has 1 aromatic rings. The van der Waals surface area contributed by atoms with Gasteiger partial charge in [-0.05, 0) is 43.9 Å². The number of hydrogen-bond donors (Lipinski definition) is 2. The average Bonchev–Trinajstić information content (AvgIpc) is 3.10. The Bertz CT molecular complexity index is 655. The van der Waals surface area contributed by atoms with Crippen LogP contribution in [0.2, 0.25) is 0 Å². The Morgan fingerprint density at radius 3 is 2.71 bits per heavy atom.